The van der Waals surface area contributed by atoms with Crippen LogP contribution < -0.4 is 16.0 Å². The first-order valence-electron chi connectivity index (χ1n) is 6.28. The van der Waals surface area contributed by atoms with Crippen LogP contribution in [0.3, 0.4) is 0 Å². The molecule has 3 amide bonds. The van der Waals surface area contributed by atoms with Gasteiger partial charge in [-0.05, 0) is 19.8 Å². The van der Waals surface area contributed by atoms with Gasteiger partial charge in [0.15, 0.2) is 0 Å². The molecule has 106 valence electrons. The minimum absolute atomic E-state index is 0.0791. The van der Waals surface area contributed by atoms with Crippen LogP contribution in [0.5, 0.6) is 0 Å². The lowest BCUT2D eigenvalue weighted by molar-refractivity contribution is -0.122. The standard InChI is InChI=1S/C12H25N3O3/c1-6-18-7-10(8(2)3)14-9(4)11(16)15-12(17)13-5/h8-10,14H,6-7H2,1-5H3,(H2,13,15,16,17). The normalized spacial score (nSPS) is 14.1. The van der Waals surface area contributed by atoms with Crippen LogP contribution in [0.2, 0.25) is 0 Å². The molecule has 0 aromatic heterocycles. The molecule has 2 atom stereocenters. The van der Waals surface area contributed by atoms with Crippen molar-refractivity contribution in [2.45, 2.75) is 39.8 Å². The summed E-state index contributed by atoms with van der Waals surface area (Å²) in [4.78, 5) is 22.7. The smallest absolute Gasteiger partial charge is 0.321 e. The van der Waals surface area contributed by atoms with Crippen molar-refractivity contribution in [3.05, 3.63) is 0 Å². The van der Waals surface area contributed by atoms with E-state index in [-0.39, 0.29) is 11.9 Å². The van der Waals surface area contributed by atoms with E-state index < -0.39 is 12.1 Å². The van der Waals surface area contributed by atoms with Crippen LogP contribution in [0.4, 0.5) is 4.79 Å². The van der Waals surface area contributed by atoms with E-state index in [0.29, 0.717) is 19.1 Å². The lowest BCUT2D eigenvalue weighted by Gasteiger charge is -2.25. The second-order valence-electron chi connectivity index (χ2n) is 4.47. The number of imide groups is 1. The fourth-order valence-electron chi connectivity index (χ4n) is 1.36. The highest BCUT2D eigenvalue weighted by Gasteiger charge is 2.21. The number of urea groups is 1. The summed E-state index contributed by atoms with van der Waals surface area (Å²) in [5.41, 5.74) is 0. The molecule has 0 aromatic carbocycles. The van der Waals surface area contributed by atoms with Crippen molar-refractivity contribution in [3.8, 4) is 0 Å². The third-order valence-electron chi connectivity index (χ3n) is 2.63. The van der Waals surface area contributed by atoms with E-state index in [4.69, 9.17) is 4.74 Å². The minimum atomic E-state index is -0.500. The Kier molecular flexibility index (Phi) is 8.32. The quantitative estimate of drug-likeness (QED) is 0.621. The average molecular weight is 259 g/mol. The Morgan fingerprint density at radius 3 is 2.28 bits per heavy atom. The van der Waals surface area contributed by atoms with Gasteiger partial charge in [0, 0.05) is 19.7 Å². The van der Waals surface area contributed by atoms with Gasteiger partial charge in [-0.25, -0.2) is 4.79 Å². The number of hydrogen-bond acceptors (Lipinski definition) is 4. The van der Waals surface area contributed by atoms with Crippen LogP contribution in [-0.4, -0.2) is 44.3 Å². The number of carbonyl (C=O) groups excluding carboxylic acids is 2. The number of amides is 3. The van der Waals surface area contributed by atoms with Crippen LogP contribution >= 0.6 is 0 Å². The zero-order valence-corrected chi connectivity index (χ0v) is 11.9. The van der Waals surface area contributed by atoms with Crippen molar-refractivity contribution in [2.75, 3.05) is 20.3 Å². The van der Waals surface area contributed by atoms with Crippen molar-refractivity contribution < 1.29 is 14.3 Å². The van der Waals surface area contributed by atoms with E-state index in [1.54, 1.807) is 6.92 Å². The molecule has 0 saturated heterocycles. The number of ether oxygens (including phenoxy) is 1. The molecule has 6 nitrogen and oxygen atoms in total. The zero-order chi connectivity index (χ0) is 14.1. The van der Waals surface area contributed by atoms with Crippen LogP contribution in [0.25, 0.3) is 0 Å². The first-order valence-corrected chi connectivity index (χ1v) is 6.28. The van der Waals surface area contributed by atoms with Crippen LogP contribution in [0.15, 0.2) is 0 Å². The molecule has 0 heterocycles. The molecular formula is C12H25N3O3. The van der Waals surface area contributed by atoms with Gasteiger partial charge in [0.25, 0.3) is 0 Å². The van der Waals surface area contributed by atoms with Crippen molar-refractivity contribution in [1.29, 1.82) is 0 Å². The van der Waals surface area contributed by atoms with Crippen LogP contribution in [0.1, 0.15) is 27.7 Å². The molecule has 18 heavy (non-hydrogen) atoms. The predicted molar refractivity (Wildman–Crippen MR) is 70.3 cm³/mol. The second-order valence-corrected chi connectivity index (χ2v) is 4.47. The number of rotatable bonds is 7. The molecular weight excluding hydrogens is 234 g/mol. The largest absolute Gasteiger partial charge is 0.380 e. The predicted octanol–water partition coefficient (Wildman–Crippen LogP) is 0.481. The van der Waals surface area contributed by atoms with Gasteiger partial charge in [0.1, 0.15) is 0 Å². The van der Waals surface area contributed by atoms with E-state index >= 15 is 0 Å². The van der Waals surface area contributed by atoms with E-state index in [1.165, 1.54) is 7.05 Å². The van der Waals surface area contributed by atoms with E-state index in [0.717, 1.165) is 0 Å². The summed E-state index contributed by atoms with van der Waals surface area (Å²) in [5.74, 6) is -0.0108. The summed E-state index contributed by atoms with van der Waals surface area (Å²) in [5, 5.41) is 7.74. The Balaban J connectivity index is 4.26. The van der Waals surface area contributed by atoms with Crippen LogP contribution in [0, 0.1) is 5.92 Å². The molecule has 3 N–H and O–H groups in total. The van der Waals surface area contributed by atoms with Gasteiger partial charge in [-0.1, -0.05) is 13.8 Å². The van der Waals surface area contributed by atoms with Gasteiger partial charge < -0.3 is 15.4 Å². The molecule has 0 aliphatic rings. The van der Waals surface area contributed by atoms with Crippen molar-refractivity contribution >= 4 is 11.9 Å². The average Bonchev–Trinajstić information content (AvgIpc) is 2.33. The lowest BCUT2D eigenvalue weighted by atomic mass is 10.0. The molecule has 0 radical (unpaired) electrons. The molecule has 0 saturated carbocycles. The summed E-state index contributed by atoms with van der Waals surface area (Å²) in [6.07, 6.45) is 0. The third-order valence-corrected chi connectivity index (χ3v) is 2.63. The molecule has 6 heteroatoms. The summed E-state index contributed by atoms with van der Waals surface area (Å²) in [6, 6.07) is -0.870. The highest BCUT2D eigenvalue weighted by molar-refractivity contribution is 5.96. The molecule has 0 spiro atoms. The number of carbonyl (C=O) groups is 2. The highest BCUT2D eigenvalue weighted by Crippen LogP contribution is 2.03. The van der Waals surface area contributed by atoms with Gasteiger partial charge in [0.2, 0.25) is 5.91 Å². The third kappa shape index (κ3) is 6.56. The summed E-state index contributed by atoms with van der Waals surface area (Å²) in [7, 11) is 1.46. The van der Waals surface area contributed by atoms with Gasteiger partial charge in [-0.2, -0.15) is 0 Å². The van der Waals surface area contributed by atoms with E-state index in [9.17, 15) is 9.59 Å². The monoisotopic (exact) mass is 259 g/mol. The fraction of sp³-hybridized carbons (Fsp3) is 0.833. The van der Waals surface area contributed by atoms with Gasteiger partial charge >= 0.3 is 6.03 Å². The van der Waals surface area contributed by atoms with E-state index in [1.807, 2.05) is 6.92 Å². The molecule has 0 rings (SSSR count). The Morgan fingerprint density at radius 1 is 1.22 bits per heavy atom. The Morgan fingerprint density at radius 2 is 1.83 bits per heavy atom. The maximum absolute atomic E-state index is 11.7. The van der Waals surface area contributed by atoms with Gasteiger partial charge in [-0.3, -0.25) is 10.1 Å². The minimum Gasteiger partial charge on any atom is -0.380 e. The maximum Gasteiger partial charge on any atom is 0.321 e. The Bertz CT molecular complexity index is 269. The molecule has 2 unspecified atom stereocenters. The van der Waals surface area contributed by atoms with Crippen molar-refractivity contribution in [1.82, 2.24) is 16.0 Å². The summed E-state index contributed by atoms with van der Waals surface area (Å²) < 4.78 is 5.37. The molecule has 0 aliphatic carbocycles. The number of nitrogens with one attached hydrogen (secondary N) is 3. The lowest BCUT2D eigenvalue weighted by Crippen LogP contribution is -2.52. The molecule has 0 bridgehead atoms. The van der Waals surface area contributed by atoms with Crippen LogP contribution in [-0.2, 0) is 9.53 Å². The molecule has 0 aliphatic heterocycles. The number of hydrogen-bond donors (Lipinski definition) is 3. The Labute approximate surface area is 109 Å². The van der Waals surface area contributed by atoms with Crippen molar-refractivity contribution in [2.24, 2.45) is 5.92 Å². The second kappa shape index (κ2) is 8.88. The summed E-state index contributed by atoms with van der Waals surface area (Å²) >= 11 is 0. The van der Waals surface area contributed by atoms with Crippen molar-refractivity contribution in [3.63, 3.8) is 0 Å². The SMILES string of the molecule is CCOCC(NC(C)C(=O)NC(=O)NC)C(C)C. The first-order chi connectivity index (χ1) is 8.42. The van der Waals surface area contributed by atoms with Gasteiger partial charge in [0.05, 0.1) is 12.6 Å². The van der Waals surface area contributed by atoms with E-state index in [2.05, 4.69) is 29.8 Å². The first kappa shape index (κ1) is 16.9. The zero-order valence-electron chi connectivity index (χ0n) is 11.9. The summed E-state index contributed by atoms with van der Waals surface area (Å²) in [6.45, 7) is 8.95. The van der Waals surface area contributed by atoms with Gasteiger partial charge in [-0.15, -0.1) is 0 Å². The Hall–Kier alpha value is -1.14. The maximum atomic E-state index is 11.7. The highest BCUT2D eigenvalue weighted by atomic mass is 16.5. The molecule has 0 aromatic rings. The molecule has 0 fully saturated rings. The topological polar surface area (TPSA) is 79.5 Å². The fourth-order valence-corrected chi connectivity index (χ4v) is 1.36.